The second-order valence-electron chi connectivity index (χ2n) is 4.75. The van der Waals surface area contributed by atoms with Gasteiger partial charge in [0.15, 0.2) is 11.5 Å². The molecule has 0 aliphatic rings. The van der Waals surface area contributed by atoms with Gasteiger partial charge in [-0.2, -0.15) is 0 Å². The second-order valence-corrected chi connectivity index (χ2v) is 4.75. The summed E-state index contributed by atoms with van der Waals surface area (Å²) in [6.45, 7) is 2.65. The van der Waals surface area contributed by atoms with E-state index in [4.69, 9.17) is 4.74 Å². The highest BCUT2D eigenvalue weighted by Crippen LogP contribution is 2.26. The lowest BCUT2D eigenvalue weighted by atomic mass is 10.2. The monoisotopic (exact) mass is 306 g/mol. The first-order valence-corrected chi connectivity index (χ1v) is 7.10. The molecule has 0 saturated heterocycles. The van der Waals surface area contributed by atoms with E-state index in [9.17, 15) is 14.7 Å². The predicted molar refractivity (Wildman–Crippen MR) is 84.6 cm³/mol. The number of phenols is 1. The van der Waals surface area contributed by atoms with Crippen molar-refractivity contribution in [3.8, 4) is 11.5 Å². The van der Waals surface area contributed by atoms with Crippen molar-refractivity contribution >= 4 is 17.9 Å². The van der Waals surface area contributed by atoms with E-state index >= 15 is 0 Å². The van der Waals surface area contributed by atoms with Crippen LogP contribution >= 0.6 is 0 Å². The smallest absolute Gasteiger partial charge is 0.243 e. The Bertz CT molecular complexity index is 541. The molecular formula is C16H22N2O4. The number of aromatic hydroxyl groups is 1. The van der Waals surface area contributed by atoms with Crippen LogP contribution in [0.1, 0.15) is 25.3 Å². The summed E-state index contributed by atoms with van der Waals surface area (Å²) >= 11 is 0. The SMILES string of the molecule is COc1cc(/C=C/C(=O)NCCCCNC(C)=O)ccc1O. The van der Waals surface area contributed by atoms with E-state index in [0.29, 0.717) is 18.8 Å². The maximum absolute atomic E-state index is 11.6. The minimum Gasteiger partial charge on any atom is -0.504 e. The quantitative estimate of drug-likeness (QED) is 0.501. The van der Waals surface area contributed by atoms with Crippen LogP contribution in [0.3, 0.4) is 0 Å². The van der Waals surface area contributed by atoms with Gasteiger partial charge in [-0.1, -0.05) is 6.07 Å². The minimum absolute atomic E-state index is 0.0451. The number of benzene rings is 1. The van der Waals surface area contributed by atoms with Gasteiger partial charge in [0.25, 0.3) is 0 Å². The molecular weight excluding hydrogens is 284 g/mol. The number of ether oxygens (including phenoxy) is 1. The third-order valence-corrected chi connectivity index (χ3v) is 2.91. The summed E-state index contributed by atoms with van der Waals surface area (Å²) < 4.78 is 5.00. The first-order chi connectivity index (χ1) is 10.5. The Morgan fingerprint density at radius 1 is 1.23 bits per heavy atom. The van der Waals surface area contributed by atoms with Crippen molar-refractivity contribution in [2.75, 3.05) is 20.2 Å². The van der Waals surface area contributed by atoms with Gasteiger partial charge in [0.1, 0.15) is 0 Å². The molecule has 0 aliphatic carbocycles. The molecule has 22 heavy (non-hydrogen) atoms. The Morgan fingerprint density at radius 3 is 2.55 bits per heavy atom. The fourth-order valence-corrected chi connectivity index (χ4v) is 1.75. The topological polar surface area (TPSA) is 87.7 Å². The lowest BCUT2D eigenvalue weighted by Crippen LogP contribution is -2.24. The molecule has 0 radical (unpaired) electrons. The number of phenolic OH excluding ortho intramolecular Hbond substituents is 1. The average Bonchev–Trinajstić information content (AvgIpc) is 2.49. The van der Waals surface area contributed by atoms with Crippen molar-refractivity contribution in [3.05, 3.63) is 29.8 Å². The number of hydrogen-bond acceptors (Lipinski definition) is 4. The van der Waals surface area contributed by atoms with Crippen molar-refractivity contribution in [1.29, 1.82) is 0 Å². The van der Waals surface area contributed by atoms with Crippen molar-refractivity contribution < 1.29 is 19.4 Å². The van der Waals surface area contributed by atoms with Crippen molar-refractivity contribution in [1.82, 2.24) is 10.6 Å². The van der Waals surface area contributed by atoms with Gasteiger partial charge in [-0.05, 0) is 36.6 Å². The second kappa shape index (κ2) is 9.44. The average molecular weight is 306 g/mol. The van der Waals surface area contributed by atoms with Gasteiger partial charge in [0.2, 0.25) is 11.8 Å². The van der Waals surface area contributed by atoms with Crippen LogP contribution in [0.25, 0.3) is 6.08 Å². The molecule has 3 N–H and O–H groups in total. The number of rotatable bonds is 8. The molecule has 0 saturated carbocycles. The maximum atomic E-state index is 11.6. The third kappa shape index (κ3) is 6.78. The molecule has 6 nitrogen and oxygen atoms in total. The Kier molecular flexibility index (Phi) is 7.53. The highest BCUT2D eigenvalue weighted by molar-refractivity contribution is 5.91. The molecule has 120 valence electrons. The standard InChI is InChI=1S/C16H22N2O4/c1-12(19)17-9-3-4-10-18-16(21)8-6-13-5-7-14(20)15(11-13)22-2/h5-8,11,20H,3-4,9-10H2,1-2H3,(H,17,19)(H,18,21)/b8-6+. The largest absolute Gasteiger partial charge is 0.504 e. The van der Waals surface area contributed by atoms with Gasteiger partial charge in [-0.15, -0.1) is 0 Å². The molecule has 0 aromatic heterocycles. The number of carbonyl (C=O) groups is 2. The van der Waals surface area contributed by atoms with E-state index in [-0.39, 0.29) is 17.6 Å². The first-order valence-electron chi connectivity index (χ1n) is 7.10. The van der Waals surface area contributed by atoms with Crippen molar-refractivity contribution in [2.24, 2.45) is 0 Å². The van der Waals surface area contributed by atoms with Gasteiger partial charge in [-0.3, -0.25) is 9.59 Å². The Balaban J connectivity index is 2.31. The first kappa shape index (κ1) is 17.6. The van der Waals surface area contributed by atoms with Gasteiger partial charge >= 0.3 is 0 Å². The number of nitrogens with one attached hydrogen (secondary N) is 2. The molecule has 0 fully saturated rings. The maximum Gasteiger partial charge on any atom is 0.243 e. The number of hydrogen-bond donors (Lipinski definition) is 3. The van der Waals surface area contributed by atoms with E-state index in [1.54, 1.807) is 18.2 Å². The number of amides is 2. The van der Waals surface area contributed by atoms with Gasteiger partial charge in [0.05, 0.1) is 7.11 Å². The van der Waals surface area contributed by atoms with E-state index in [2.05, 4.69) is 10.6 Å². The normalized spacial score (nSPS) is 10.5. The summed E-state index contributed by atoms with van der Waals surface area (Å²) in [7, 11) is 1.47. The third-order valence-electron chi connectivity index (χ3n) is 2.91. The number of methoxy groups -OCH3 is 1. The minimum atomic E-state index is -0.188. The van der Waals surface area contributed by atoms with Crippen LogP contribution in [0.4, 0.5) is 0 Å². The van der Waals surface area contributed by atoms with Gasteiger partial charge < -0.3 is 20.5 Å². The van der Waals surface area contributed by atoms with Crippen LogP contribution in [0, 0.1) is 0 Å². The van der Waals surface area contributed by atoms with E-state index in [0.717, 1.165) is 18.4 Å². The van der Waals surface area contributed by atoms with E-state index < -0.39 is 0 Å². The van der Waals surface area contributed by atoms with Gasteiger partial charge in [0, 0.05) is 26.1 Å². The molecule has 0 unspecified atom stereocenters. The van der Waals surface area contributed by atoms with E-state index in [1.807, 2.05) is 0 Å². The van der Waals surface area contributed by atoms with Gasteiger partial charge in [-0.25, -0.2) is 0 Å². The molecule has 0 atom stereocenters. The van der Waals surface area contributed by atoms with E-state index in [1.165, 1.54) is 26.2 Å². The zero-order chi connectivity index (χ0) is 16.4. The van der Waals surface area contributed by atoms with Crippen LogP contribution in [-0.4, -0.2) is 37.1 Å². The number of unbranched alkanes of at least 4 members (excludes halogenated alkanes) is 1. The molecule has 0 spiro atoms. The molecule has 1 aromatic rings. The summed E-state index contributed by atoms with van der Waals surface area (Å²) in [6.07, 6.45) is 4.69. The van der Waals surface area contributed by atoms with Crippen LogP contribution in [0.2, 0.25) is 0 Å². The Hall–Kier alpha value is -2.50. The highest BCUT2D eigenvalue weighted by Gasteiger charge is 2.01. The van der Waals surface area contributed by atoms with Crippen molar-refractivity contribution in [3.63, 3.8) is 0 Å². The number of carbonyl (C=O) groups excluding carboxylic acids is 2. The van der Waals surface area contributed by atoms with Crippen LogP contribution in [-0.2, 0) is 9.59 Å². The fourth-order valence-electron chi connectivity index (χ4n) is 1.75. The Labute approximate surface area is 130 Å². The summed E-state index contributed by atoms with van der Waals surface area (Å²) in [5, 5.41) is 14.9. The Morgan fingerprint density at radius 2 is 1.91 bits per heavy atom. The zero-order valence-electron chi connectivity index (χ0n) is 12.9. The summed E-state index contributed by atoms with van der Waals surface area (Å²) in [6, 6.07) is 4.85. The van der Waals surface area contributed by atoms with Crippen LogP contribution in [0.15, 0.2) is 24.3 Å². The molecule has 2 amide bonds. The highest BCUT2D eigenvalue weighted by atomic mass is 16.5. The molecule has 0 bridgehead atoms. The summed E-state index contributed by atoms with van der Waals surface area (Å²) in [5.74, 6) is 0.187. The van der Waals surface area contributed by atoms with Crippen molar-refractivity contribution in [2.45, 2.75) is 19.8 Å². The van der Waals surface area contributed by atoms with Crippen LogP contribution in [0.5, 0.6) is 11.5 Å². The molecule has 6 heteroatoms. The molecule has 0 heterocycles. The predicted octanol–water partition coefficient (Wildman–Crippen LogP) is 1.45. The molecule has 1 rings (SSSR count). The fraction of sp³-hybridized carbons (Fsp3) is 0.375. The lowest BCUT2D eigenvalue weighted by Gasteiger charge is -2.04. The van der Waals surface area contributed by atoms with Crippen LogP contribution < -0.4 is 15.4 Å². The summed E-state index contributed by atoms with van der Waals surface area (Å²) in [5.41, 5.74) is 0.760. The molecule has 0 aliphatic heterocycles. The zero-order valence-corrected chi connectivity index (χ0v) is 12.9. The molecule has 1 aromatic carbocycles. The summed E-state index contributed by atoms with van der Waals surface area (Å²) in [4.78, 5) is 22.3. The lowest BCUT2D eigenvalue weighted by molar-refractivity contribution is -0.119.